The fraction of sp³-hybridized carbons (Fsp3) is 0.233. The van der Waals surface area contributed by atoms with E-state index in [1.165, 1.54) is 37.4 Å². The number of aromatic hydroxyl groups is 3. The third-order valence-corrected chi connectivity index (χ3v) is 7.24. The zero-order valence-electron chi connectivity index (χ0n) is 22.4. The molecule has 1 aliphatic heterocycles. The predicted octanol–water partition coefficient (Wildman–Crippen LogP) is 2.18. The van der Waals surface area contributed by atoms with Crippen LogP contribution in [0.1, 0.15) is 0 Å². The number of phenols is 3. The van der Waals surface area contributed by atoms with Gasteiger partial charge in [0.25, 0.3) is 0 Å². The molecule has 0 spiro atoms. The number of aliphatic hydroxyl groups excluding tert-OH is 4. The van der Waals surface area contributed by atoms with Crippen LogP contribution in [0.4, 0.5) is 0 Å². The lowest BCUT2D eigenvalue weighted by molar-refractivity contribution is -0.277. The highest BCUT2D eigenvalue weighted by atomic mass is 16.7. The number of hydrogen-bond acceptors (Lipinski definition) is 13. The first-order valence-corrected chi connectivity index (χ1v) is 13.0. The molecular formula is C30H26O13. The highest BCUT2D eigenvalue weighted by Crippen LogP contribution is 2.47. The van der Waals surface area contributed by atoms with Crippen LogP contribution in [-0.2, 0) is 4.74 Å². The van der Waals surface area contributed by atoms with Crippen LogP contribution in [0.2, 0.25) is 0 Å². The smallest absolute Gasteiger partial charge is 0.229 e. The molecule has 2 aromatic heterocycles. The van der Waals surface area contributed by atoms with Crippen molar-refractivity contribution in [1.29, 1.82) is 0 Å². The number of benzene rings is 3. The molecule has 0 radical (unpaired) electrons. The molecule has 7 N–H and O–H groups in total. The lowest BCUT2D eigenvalue weighted by Crippen LogP contribution is -2.60. The van der Waals surface area contributed by atoms with Gasteiger partial charge in [-0.15, -0.1) is 0 Å². The monoisotopic (exact) mass is 594 g/mol. The minimum atomic E-state index is -1.79. The molecule has 1 aliphatic rings. The summed E-state index contributed by atoms with van der Waals surface area (Å²) < 4.78 is 29.1. The molecule has 0 saturated carbocycles. The Bertz CT molecular complexity index is 1870. The molecule has 13 nitrogen and oxygen atoms in total. The summed E-state index contributed by atoms with van der Waals surface area (Å²) in [5.41, 5.74) is 0.319. The number of hydrogen-bond donors (Lipinski definition) is 7. The lowest BCUT2D eigenvalue weighted by Gasteiger charge is -2.39. The van der Waals surface area contributed by atoms with E-state index >= 15 is 0 Å². The van der Waals surface area contributed by atoms with Gasteiger partial charge in [0.05, 0.1) is 19.1 Å². The molecular weight excluding hydrogens is 568 g/mol. The van der Waals surface area contributed by atoms with E-state index in [-0.39, 0.29) is 50.9 Å². The first kappa shape index (κ1) is 28.3. The van der Waals surface area contributed by atoms with Crippen molar-refractivity contribution in [2.45, 2.75) is 30.7 Å². The topological polar surface area (TPSA) is 213 Å². The molecule has 0 bridgehead atoms. The average Bonchev–Trinajstić information content (AvgIpc) is 2.99. The average molecular weight is 595 g/mol. The molecule has 5 aromatic rings. The molecule has 3 heterocycles. The summed E-state index contributed by atoms with van der Waals surface area (Å²) in [5, 5.41) is 72.2. The zero-order valence-corrected chi connectivity index (χ0v) is 22.4. The second kappa shape index (κ2) is 10.8. The van der Waals surface area contributed by atoms with Gasteiger partial charge in [-0.05, 0) is 42.5 Å². The molecule has 3 aromatic carbocycles. The lowest BCUT2D eigenvalue weighted by atomic mass is 9.99. The fourth-order valence-corrected chi connectivity index (χ4v) is 5.04. The first-order valence-electron chi connectivity index (χ1n) is 13.0. The van der Waals surface area contributed by atoms with E-state index in [0.717, 1.165) is 6.07 Å². The molecule has 6 rings (SSSR count). The van der Waals surface area contributed by atoms with Crippen molar-refractivity contribution in [2.75, 3.05) is 13.7 Å². The van der Waals surface area contributed by atoms with E-state index in [1.807, 2.05) is 0 Å². The summed E-state index contributed by atoms with van der Waals surface area (Å²) in [6.45, 7) is -0.704. The number of methoxy groups -OCH3 is 1. The van der Waals surface area contributed by atoms with Gasteiger partial charge in [-0.25, -0.2) is 0 Å². The summed E-state index contributed by atoms with van der Waals surface area (Å²) in [4.78, 5) is 12.7. The van der Waals surface area contributed by atoms with Gasteiger partial charge >= 0.3 is 0 Å². The molecule has 0 aliphatic carbocycles. The SMILES string of the molecule is COc1cc(-c2oc3cc(=O)cc4oc(-c5ccc(O)cc5)cc(c2O[C@@H]2O[C@H](CO)[C@@H](O)[C@H](O)[C@H]2O)c43)cc(O)c1O. The van der Waals surface area contributed by atoms with E-state index in [9.17, 15) is 40.5 Å². The Balaban J connectivity index is 1.66. The molecule has 13 heteroatoms. The highest BCUT2D eigenvalue weighted by Gasteiger charge is 2.45. The van der Waals surface area contributed by atoms with Crippen LogP contribution >= 0.6 is 0 Å². The van der Waals surface area contributed by atoms with E-state index in [2.05, 4.69) is 0 Å². The third-order valence-electron chi connectivity index (χ3n) is 7.24. The summed E-state index contributed by atoms with van der Waals surface area (Å²) in [7, 11) is 1.27. The van der Waals surface area contributed by atoms with Crippen molar-refractivity contribution in [3.05, 3.63) is 64.8 Å². The quantitative estimate of drug-likeness (QED) is 0.141. The van der Waals surface area contributed by atoms with Crippen LogP contribution in [0.15, 0.2) is 68.2 Å². The Kier molecular flexibility index (Phi) is 7.12. The minimum Gasteiger partial charge on any atom is -0.508 e. The maximum absolute atomic E-state index is 12.7. The number of aliphatic hydroxyl groups is 4. The number of phenolic OH excluding ortho intramolecular Hbond substituents is 3. The summed E-state index contributed by atoms with van der Waals surface area (Å²) >= 11 is 0. The van der Waals surface area contributed by atoms with Crippen molar-refractivity contribution < 1.29 is 58.8 Å². The van der Waals surface area contributed by atoms with Gasteiger partial charge in [-0.2, -0.15) is 0 Å². The standard InChI is InChI=1S/C30H26O13/c1-39-21-7-13(6-17(34)24(21)35)28-29(43-30-27(38)26(37)25(36)22(11-31)42-30)16-10-18(12-2-4-14(32)5-3-12)40-19-8-15(33)9-20(41-28)23(16)19/h2-10,22,25-27,30-32,34-38H,11H2,1H3/t22-,25-,26+,27-,30+/m1/s1. The molecule has 224 valence electrons. The highest BCUT2D eigenvalue weighted by molar-refractivity contribution is 6.10. The van der Waals surface area contributed by atoms with Crippen molar-refractivity contribution in [1.82, 2.24) is 0 Å². The Morgan fingerprint density at radius 3 is 2.21 bits per heavy atom. The third kappa shape index (κ3) is 4.88. The Morgan fingerprint density at radius 1 is 0.837 bits per heavy atom. The van der Waals surface area contributed by atoms with Gasteiger partial charge in [0.1, 0.15) is 47.1 Å². The van der Waals surface area contributed by atoms with Gasteiger partial charge in [0.2, 0.25) is 12.0 Å². The maximum atomic E-state index is 12.7. The van der Waals surface area contributed by atoms with Crippen LogP contribution in [-0.4, -0.2) is 80.2 Å². The van der Waals surface area contributed by atoms with Crippen molar-refractivity contribution in [3.8, 4) is 51.4 Å². The predicted molar refractivity (Wildman–Crippen MR) is 149 cm³/mol. The van der Waals surface area contributed by atoms with Crippen molar-refractivity contribution in [3.63, 3.8) is 0 Å². The van der Waals surface area contributed by atoms with Gasteiger partial charge in [-0.3, -0.25) is 4.79 Å². The van der Waals surface area contributed by atoms with Gasteiger partial charge in [0.15, 0.2) is 28.4 Å². The summed E-state index contributed by atoms with van der Waals surface area (Å²) in [6, 6.07) is 12.5. The van der Waals surface area contributed by atoms with Crippen LogP contribution in [0.25, 0.3) is 44.6 Å². The Morgan fingerprint density at radius 2 is 1.53 bits per heavy atom. The molecule has 0 unspecified atom stereocenters. The van der Waals surface area contributed by atoms with Crippen molar-refractivity contribution in [2.24, 2.45) is 0 Å². The second-order valence-electron chi connectivity index (χ2n) is 9.99. The summed E-state index contributed by atoms with van der Waals surface area (Å²) in [6.07, 6.45) is -8.13. The Hall–Kier alpha value is -4.79. The van der Waals surface area contributed by atoms with Gasteiger partial charge in [-0.1, -0.05) is 0 Å². The van der Waals surface area contributed by atoms with E-state index in [4.69, 9.17) is 23.0 Å². The first-order chi connectivity index (χ1) is 20.6. The van der Waals surface area contributed by atoms with Gasteiger partial charge < -0.3 is 58.8 Å². The number of rotatable bonds is 6. The Labute approximate surface area is 241 Å². The van der Waals surface area contributed by atoms with E-state index in [1.54, 1.807) is 18.2 Å². The van der Waals surface area contributed by atoms with Crippen LogP contribution in [0.3, 0.4) is 0 Å². The zero-order chi connectivity index (χ0) is 30.6. The normalized spacial score (nSPS) is 22.2. The summed E-state index contributed by atoms with van der Waals surface area (Å²) in [5.74, 6) is -1.23. The van der Waals surface area contributed by atoms with Crippen LogP contribution in [0.5, 0.6) is 28.7 Å². The molecule has 43 heavy (non-hydrogen) atoms. The largest absolute Gasteiger partial charge is 0.508 e. The molecule has 1 saturated heterocycles. The fourth-order valence-electron chi connectivity index (χ4n) is 5.04. The molecule has 0 amide bonds. The van der Waals surface area contributed by atoms with Crippen LogP contribution in [0, 0.1) is 0 Å². The minimum absolute atomic E-state index is 0.0123. The second-order valence-corrected chi connectivity index (χ2v) is 9.99. The number of ether oxygens (including phenoxy) is 3. The van der Waals surface area contributed by atoms with Crippen molar-refractivity contribution >= 4 is 21.9 Å². The van der Waals surface area contributed by atoms with E-state index in [0.29, 0.717) is 10.9 Å². The van der Waals surface area contributed by atoms with Gasteiger partial charge in [0, 0.05) is 28.6 Å². The molecule has 5 atom stereocenters. The molecule has 1 fully saturated rings. The van der Waals surface area contributed by atoms with Crippen LogP contribution < -0.4 is 14.9 Å². The maximum Gasteiger partial charge on any atom is 0.229 e. The van der Waals surface area contributed by atoms with E-state index < -0.39 is 54.2 Å².